The highest BCUT2D eigenvalue weighted by Gasteiger charge is 2.46. The van der Waals surface area contributed by atoms with Crippen LogP contribution in [-0.2, 0) is 14.3 Å². The molecule has 25 heavy (non-hydrogen) atoms. The smallest absolute Gasteiger partial charge is 0.260 e. The van der Waals surface area contributed by atoms with Gasteiger partial charge in [0.2, 0.25) is 0 Å². The van der Waals surface area contributed by atoms with Gasteiger partial charge in [0.05, 0.1) is 5.60 Å². The maximum atomic E-state index is 12.4. The topological polar surface area (TPSA) is 48.0 Å². The molecule has 1 amide bonds. The van der Waals surface area contributed by atoms with Gasteiger partial charge < -0.3 is 19.1 Å². The average Bonchev–Trinajstić information content (AvgIpc) is 3.00. The molecule has 0 unspecified atom stereocenters. The van der Waals surface area contributed by atoms with Crippen molar-refractivity contribution >= 4 is 17.5 Å². The van der Waals surface area contributed by atoms with Crippen molar-refractivity contribution in [3.63, 3.8) is 0 Å². The van der Waals surface area contributed by atoms with Crippen molar-refractivity contribution in [2.24, 2.45) is 5.92 Å². The maximum Gasteiger partial charge on any atom is 0.260 e. The van der Waals surface area contributed by atoms with Crippen LogP contribution in [0.1, 0.15) is 25.7 Å². The molecule has 0 aromatic heterocycles. The van der Waals surface area contributed by atoms with Crippen LogP contribution in [0, 0.1) is 5.92 Å². The van der Waals surface area contributed by atoms with E-state index in [0.717, 1.165) is 52.0 Å². The summed E-state index contributed by atoms with van der Waals surface area (Å²) in [4.78, 5) is 14.3. The van der Waals surface area contributed by atoms with E-state index in [4.69, 9.17) is 25.8 Å². The third-order valence-corrected chi connectivity index (χ3v) is 5.63. The summed E-state index contributed by atoms with van der Waals surface area (Å²) in [5.74, 6) is 1.17. The first-order chi connectivity index (χ1) is 12.1. The Balaban J connectivity index is 1.49. The number of hydrogen-bond donors (Lipinski definition) is 0. The molecule has 2 fully saturated rings. The van der Waals surface area contributed by atoms with Crippen molar-refractivity contribution in [1.82, 2.24) is 4.90 Å². The van der Waals surface area contributed by atoms with Gasteiger partial charge in [0.25, 0.3) is 5.91 Å². The van der Waals surface area contributed by atoms with E-state index in [-0.39, 0.29) is 18.1 Å². The lowest BCUT2D eigenvalue weighted by atomic mass is 9.78. The minimum atomic E-state index is -0.0663. The van der Waals surface area contributed by atoms with Gasteiger partial charge in [-0.1, -0.05) is 17.7 Å². The molecule has 0 aliphatic carbocycles. The van der Waals surface area contributed by atoms with Gasteiger partial charge in [0, 0.05) is 38.4 Å². The molecule has 1 aromatic carbocycles. The van der Waals surface area contributed by atoms with Gasteiger partial charge in [0.1, 0.15) is 5.75 Å². The van der Waals surface area contributed by atoms with Gasteiger partial charge in [-0.2, -0.15) is 0 Å². The molecule has 2 saturated heterocycles. The number of carbonyl (C=O) groups is 1. The zero-order valence-corrected chi connectivity index (χ0v) is 15.5. The Morgan fingerprint density at radius 1 is 1.40 bits per heavy atom. The van der Waals surface area contributed by atoms with Crippen LogP contribution >= 0.6 is 11.6 Å². The normalized spacial score (nSPS) is 22.3. The Hall–Kier alpha value is -1.30. The minimum absolute atomic E-state index is 0.0151. The highest BCUT2D eigenvalue weighted by molar-refractivity contribution is 6.30. The summed E-state index contributed by atoms with van der Waals surface area (Å²) in [6.45, 7) is 3.08. The van der Waals surface area contributed by atoms with Crippen molar-refractivity contribution in [2.75, 3.05) is 40.0 Å². The van der Waals surface area contributed by atoms with E-state index in [1.807, 2.05) is 11.0 Å². The van der Waals surface area contributed by atoms with E-state index in [1.165, 1.54) is 0 Å². The Kier molecular flexibility index (Phi) is 6.20. The Labute approximate surface area is 154 Å². The zero-order chi connectivity index (χ0) is 17.7. The fourth-order valence-corrected chi connectivity index (χ4v) is 4.11. The van der Waals surface area contributed by atoms with Crippen LogP contribution in [0.3, 0.4) is 0 Å². The van der Waals surface area contributed by atoms with Gasteiger partial charge in [-0.15, -0.1) is 0 Å². The van der Waals surface area contributed by atoms with Gasteiger partial charge in [-0.05, 0) is 49.8 Å². The first-order valence-corrected chi connectivity index (χ1v) is 9.30. The summed E-state index contributed by atoms with van der Waals surface area (Å²) in [6, 6.07) is 7.11. The number of hydrogen-bond acceptors (Lipinski definition) is 4. The molecule has 0 N–H and O–H groups in total. The quantitative estimate of drug-likeness (QED) is 0.775. The summed E-state index contributed by atoms with van der Waals surface area (Å²) < 4.78 is 16.9. The molecule has 3 rings (SSSR count). The number of piperidine rings is 1. The molecule has 1 atom stereocenters. The molecule has 1 spiro atoms. The van der Waals surface area contributed by atoms with Crippen LogP contribution in [0.5, 0.6) is 5.75 Å². The molecule has 2 aliphatic rings. The van der Waals surface area contributed by atoms with E-state index < -0.39 is 0 Å². The molecule has 6 heteroatoms. The van der Waals surface area contributed by atoms with E-state index >= 15 is 0 Å². The minimum Gasteiger partial charge on any atom is -0.484 e. The number of likely N-dealkylation sites (tertiary alicyclic amines) is 1. The fourth-order valence-electron chi connectivity index (χ4n) is 3.93. The number of methoxy groups -OCH3 is 1. The second kappa shape index (κ2) is 8.39. The van der Waals surface area contributed by atoms with Crippen LogP contribution in [-0.4, -0.2) is 56.4 Å². The summed E-state index contributed by atoms with van der Waals surface area (Å²) in [7, 11) is 1.74. The van der Waals surface area contributed by atoms with Crippen LogP contribution in [0.25, 0.3) is 0 Å². The third kappa shape index (κ3) is 4.46. The molecule has 5 nitrogen and oxygen atoms in total. The predicted molar refractivity (Wildman–Crippen MR) is 96.0 cm³/mol. The van der Waals surface area contributed by atoms with E-state index in [0.29, 0.717) is 16.7 Å². The lowest BCUT2D eigenvalue weighted by Gasteiger charge is -2.42. The molecule has 138 valence electrons. The fraction of sp³-hybridized carbons (Fsp3) is 0.632. The first kappa shape index (κ1) is 18.5. The monoisotopic (exact) mass is 367 g/mol. The van der Waals surface area contributed by atoms with Gasteiger partial charge >= 0.3 is 0 Å². The molecular weight excluding hydrogens is 342 g/mol. The van der Waals surface area contributed by atoms with Gasteiger partial charge in [0.15, 0.2) is 6.61 Å². The van der Waals surface area contributed by atoms with Crippen LogP contribution in [0.4, 0.5) is 0 Å². The largest absolute Gasteiger partial charge is 0.484 e. The van der Waals surface area contributed by atoms with E-state index in [1.54, 1.807) is 25.3 Å². The average molecular weight is 368 g/mol. The van der Waals surface area contributed by atoms with E-state index in [9.17, 15) is 4.79 Å². The van der Waals surface area contributed by atoms with Crippen molar-refractivity contribution in [3.8, 4) is 5.75 Å². The molecule has 1 aromatic rings. The second-order valence-electron chi connectivity index (χ2n) is 6.81. The summed E-state index contributed by atoms with van der Waals surface area (Å²) >= 11 is 5.93. The summed E-state index contributed by atoms with van der Waals surface area (Å²) in [6.07, 6.45) is 3.91. The van der Waals surface area contributed by atoms with Crippen molar-refractivity contribution in [1.29, 1.82) is 0 Å². The summed E-state index contributed by atoms with van der Waals surface area (Å²) in [5, 5.41) is 0.602. The van der Waals surface area contributed by atoms with Gasteiger partial charge in [-0.3, -0.25) is 4.79 Å². The number of rotatable bonds is 6. The highest BCUT2D eigenvalue weighted by Crippen LogP contribution is 2.42. The summed E-state index contributed by atoms with van der Waals surface area (Å²) in [5.41, 5.74) is -0.0663. The zero-order valence-electron chi connectivity index (χ0n) is 14.7. The molecule has 2 heterocycles. The second-order valence-corrected chi connectivity index (χ2v) is 7.24. The van der Waals surface area contributed by atoms with Gasteiger partial charge in [-0.25, -0.2) is 0 Å². The molecule has 0 saturated carbocycles. The SMILES string of the molecule is COCC[C@H]1CCOC12CCN(C(=O)COc1cccc(Cl)c1)CC2. The van der Waals surface area contributed by atoms with Crippen molar-refractivity contribution in [3.05, 3.63) is 29.3 Å². The molecule has 0 radical (unpaired) electrons. The maximum absolute atomic E-state index is 12.4. The number of amides is 1. The number of halogens is 1. The highest BCUT2D eigenvalue weighted by atomic mass is 35.5. The van der Waals surface area contributed by atoms with Crippen LogP contribution in [0.2, 0.25) is 5.02 Å². The predicted octanol–water partition coefficient (Wildman–Crippen LogP) is 3.15. The Morgan fingerprint density at radius 3 is 2.92 bits per heavy atom. The molecular formula is C19H26ClNO4. The number of carbonyl (C=O) groups excluding carboxylic acids is 1. The first-order valence-electron chi connectivity index (χ1n) is 8.92. The lowest BCUT2D eigenvalue weighted by Crippen LogP contribution is -2.50. The number of ether oxygens (including phenoxy) is 3. The lowest BCUT2D eigenvalue weighted by molar-refractivity contribution is -0.139. The standard InChI is InChI=1S/C19H26ClNO4/c1-23-11-5-15-6-12-25-19(15)7-9-21(10-8-19)18(22)14-24-17-4-2-3-16(20)13-17/h2-4,13,15H,5-12,14H2,1H3/t15-/m0/s1. The Bertz CT molecular complexity index is 587. The van der Waals surface area contributed by atoms with Crippen molar-refractivity contribution < 1.29 is 19.0 Å². The molecule has 0 bridgehead atoms. The van der Waals surface area contributed by atoms with E-state index in [2.05, 4.69) is 0 Å². The third-order valence-electron chi connectivity index (χ3n) is 5.39. The van der Waals surface area contributed by atoms with Crippen LogP contribution in [0.15, 0.2) is 24.3 Å². The number of nitrogens with zero attached hydrogens (tertiary/aromatic N) is 1. The Morgan fingerprint density at radius 2 is 2.20 bits per heavy atom. The number of benzene rings is 1. The van der Waals surface area contributed by atoms with Crippen LogP contribution < -0.4 is 4.74 Å². The molecule has 2 aliphatic heterocycles. The van der Waals surface area contributed by atoms with Crippen molar-refractivity contribution in [2.45, 2.75) is 31.3 Å².